The quantitative estimate of drug-likeness (QED) is 0.889. The van der Waals surface area contributed by atoms with E-state index in [1.807, 2.05) is 4.90 Å². The molecule has 1 unspecified atom stereocenters. The second-order valence-corrected chi connectivity index (χ2v) is 6.53. The molecule has 1 spiro atoms. The van der Waals surface area contributed by atoms with Gasteiger partial charge in [0.2, 0.25) is 0 Å². The molecule has 25 heavy (non-hydrogen) atoms. The lowest BCUT2D eigenvalue weighted by atomic mass is 10.0. The van der Waals surface area contributed by atoms with Crippen molar-refractivity contribution in [1.82, 2.24) is 0 Å². The van der Waals surface area contributed by atoms with Crippen LogP contribution in [0.25, 0.3) is 0 Å². The highest BCUT2D eigenvalue weighted by Crippen LogP contribution is 2.35. The van der Waals surface area contributed by atoms with Gasteiger partial charge in [-0.3, -0.25) is 4.90 Å². The van der Waals surface area contributed by atoms with Gasteiger partial charge in [0.25, 0.3) is 0 Å². The largest absolute Gasteiger partial charge is 0.441 e. The molecule has 136 valence electrons. The molecule has 0 aromatic heterocycles. The fraction of sp³-hybridized carbons (Fsp3) is 0.588. The Bertz CT molecular complexity index is 654. The summed E-state index contributed by atoms with van der Waals surface area (Å²) in [6.07, 6.45) is 0.261. The lowest BCUT2D eigenvalue weighted by molar-refractivity contribution is -0.169. The Morgan fingerprint density at radius 3 is 2.56 bits per heavy atom. The van der Waals surface area contributed by atoms with E-state index >= 15 is 0 Å². The van der Waals surface area contributed by atoms with Crippen molar-refractivity contribution in [3.8, 4) is 0 Å². The number of halogens is 1. The van der Waals surface area contributed by atoms with Crippen LogP contribution in [0.15, 0.2) is 18.2 Å². The summed E-state index contributed by atoms with van der Waals surface area (Å²) in [5.74, 6) is -0.882. The molecule has 3 aliphatic heterocycles. The summed E-state index contributed by atoms with van der Waals surface area (Å²) in [7, 11) is 0. The number of rotatable bonds is 3. The normalized spacial score (nSPS) is 25.7. The smallest absolute Gasteiger partial charge is 0.414 e. The van der Waals surface area contributed by atoms with Gasteiger partial charge in [-0.2, -0.15) is 0 Å². The monoisotopic (exact) mass is 352 g/mol. The van der Waals surface area contributed by atoms with Gasteiger partial charge in [-0.25, -0.2) is 9.18 Å². The number of carbonyl (C=O) groups is 1. The van der Waals surface area contributed by atoms with Gasteiger partial charge in [-0.1, -0.05) is 0 Å². The van der Waals surface area contributed by atoms with Crippen molar-refractivity contribution >= 4 is 17.5 Å². The Kier molecular flexibility index (Phi) is 4.26. The average molecular weight is 352 g/mol. The van der Waals surface area contributed by atoms with Gasteiger partial charge < -0.3 is 24.2 Å². The van der Waals surface area contributed by atoms with Crippen LogP contribution in [0.2, 0.25) is 0 Å². The number of benzene rings is 1. The first-order valence-corrected chi connectivity index (χ1v) is 8.52. The Hall–Kier alpha value is -1.90. The summed E-state index contributed by atoms with van der Waals surface area (Å²) in [5.41, 5.74) is 0.931. The number of cyclic esters (lactones) is 1. The first-order valence-electron chi connectivity index (χ1n) is 8.52. The zero-order valence-corrected chi connectivity index (χ0v) is 13.8. The first-order chi connectivity index (χ1) is 12.1. The first kappa shape index (κ1) is 16.6. The van der Waals surface area contributed by atoms with Gasteiger partial charge in [0.05, 0.1) is 37.7 Å². The fourth-order valence-corrected chi connectivity index (χ4v) is 3.62. The summed E-state index contributed by atoms with van der Waals surface area (Å²) in [6, 6.07) is 4.72. The zero-order chi connectivity index (χ0) is 17.4. The van der Waals surface area contributed by atoms with Crippen molar-refractivity contribution in [2.24, 2.45) is 0 Å². The lowest BCUT2D eigenvalue weighted by Crippen LogP contribution is -2.45. The number of hydrogen-bond acceptors (Lipinski definition) is 6. The van der Waals surface area contributed by atoms with E-state index in [1.54, 1.807) is 12.1 Å². The van der Waals surface area contributed by atoms with Gasteiger partial charge >= 0.3 is 6.09 Å². The van der Waals surface area contributed by atoms with Crippen LogP contribution in [0.4, 0.5) is 20.6 Å². The number of piperidine rings is 1. The van der Waals surface area contributed by atoms with E-state index in [9.17, 15) is 9.18 Å². The molecule has 1 atom stereocenters. The van der Waals surface area contributed by atoms with Crippen LogP contribution in [0.3, 0.4) is 0 Å². The molecular weight excluding hydrogens is 331 g/mol. The standard InChI is InChI=1S/C17H21FN2O5/c18-14-9-12(20-10-13(11-21)25-16(20)22)1-2-15(14)19-5-3-17(4-6-19)23-7-8-24-17/h1-2,9,13,21H,3-8,10-11H2. The van der Waals surface area contributed by atoms with Crippen molar-refractivity contribution in [3.63, 3.8) is 0 Å². The molecular formula is C17H21FN2O5. The second kappa shape index (κ2) is 6.44. The topological polar surface area (TPSA) is 71.5 Å². The van der Waals surface area contributed by atoms with Gasteiger partial charge in [0.1, 0.15) is 11.9 Å². The van der Waals surface area contributed by atoms with Crippen LogP contribution >= 0.6 is 0 Å². The molecule has 1 aromatic rings. The van der Waals surface area contributed by atoms with Crippen LogP contribution in [-0.4, -0.2) is 62.5 Å². The average Bonchev–Trinajstić information content (AvgIpc) is 3.23. The predicted octanol–water partition coefficient (Wildman–Crippen LogP) is 1.49. The van der Waals surface area contributed by atoms with Gasteiger partial charge in [0.15, 0.2) is 5.79 Å². The SMILES string of the molecule is O=C1OC(CO)CN1c1ccc(N2CCC3(CC2)OCCO3)c(F)c1. The fourth-order valence-electron chi connectivity index (χ4n) is 3.62. The summed E-state index contributed by atoms with van der Waals surface area (Å²) < 4.78 is 31.0. The van der Waals surface area contributed by atoms with Gasteiger partial charge in [-0.15, -0.1) is 0 Å². The summed E-state index contributed by atoms with van der Waals surface area (Å²) >= 11 is 0. The van der Waals surface area contributed by atoms with Crippen molar-refractivity contribution in [1.29, 1.82) is 0 Å². The highest BCUT2D eigenvalue weighted by atomic mass is 19.1. The van der Waals surface area contributed by atoms with Gasteiger partial charge in [0, 0.05) is 25.9 Å². The van der Waals surface area contributed by atoms with Crippen molar-refractivity contribution in [3.05, 3.63) is 24.0 Å². The van der Waals surface area contributed by atoms with E-state index in [0.717, 1.165) is 0 Å². The molecule has 0 saturated carbocycles. The van der Waals surface area contributed by atoms with Crippen LogP contribution < -0.4 is 9.80 Å². The maximum absolute atomic E-state index is 14.6. The number of nitrogens with zero attached hydrogens (tertiary/aromatic N) is 2. The zero-order valence-electron chi connectivity index (χ0n) is 13.8. The molecule has 3 heterocycles. The molecule has 0 aliphatic carbocycles. The molecule has 0 bridgehead atoms. The summed E-state index contributed by atoms with van der Waals surface area (Å²) in [4.78, 5) is 15.1. The van der Waals surface area contributed by atoms with E-state index in [1.165, 1.54) is 11.0 Å². The molecule has 0 radical (unpaired) electrons. The van der Waals surface area contributed by atoms with Crippen molar-refractivity contribution < 1.29 is 28.5 Å². The minimum Gasteiger partial charge on any atom is -0.441 e. The van der Waals surface area contributed by atoms with Crippen LogP contribution in [0.1, 0.15) is 12.8 Å². The summed E-state index contributed by atoms with van der Waals surface area (Å²) in [6.45, 7) is 2.49. The van der Waals surface area contributed by atoms with Crippen LogP contribution in [0, 0.1) is 5.82 Å². The minimum absolute atomic E-state index is 0.217. The van der Waals surface area contributed by atoms with E-state index in [0.29, 0.717) is 50.5 Å². The molecule has 3 aliphatic rings. The molecule has 1 aromatic carbocycles. The molecule has 4 rings (SSSR count). The van der Waals surface area contributed by atoms with E-state index in [-0.39, 0.29) is 19.0 Å². The second-order valence-electron chi connectivity index (χ2n) is 6.53. The maximum atomic E-state index is 14.6. The van der Waals surface area contributed by atoms with Crippen molar-refractivity contribution in [2.45, 2.75) is 24.7 Å². The number of hydrogen-bond donors (Lipinski definition) is 1. The summed E-state index contributed by atoms with van der Waals surface area (Å²) in [5, 5.41) is 9.10. The Balaban J connectivity index is 1.46. The van der Waals surface area contributed by atoms with Gasteiger partial charge in [-0.05, 0) is 18.2 Å². The highest BCUT2D eigenvalue weighted by molar-refractivity contribution is 5.90. The van der Waals surface area contributed by atoms with E-state index in [2.05, 4.69) is 0 Å². The molecule has 1 N–H and O–H groups in total. The third kappa shape index (κ3) is 3.05. The van der Waals surface area contributed by atoms with E-state index in [4.69, 9.17) is 19.3 Å². The highest BCUT2D eigenvalue weighted by Gasteiger charge is 2.40. The number of anilines is 2. The Morgan fingerprint density at radius 1 is 1.24 bits per heavy atom. The van der Waals surface area contributed by atoms with Crippen molar-refractivity contribution in [2.75, 3.05) is 49.3 Å². The molecule has 3 fully saturated rings. The molecule has 8 heteroatoms. The number of ether oxygens (including phenoxy) is 3. The van der Waals surface area contributed by atoms with Crippen LogP contribution in [-0.2, 0) is 14.2 Å². The molecule has 7 nitrogen and oxygen atoms in total. The molecule has 3 saturated heterocycles. The number of aliphatic hydroxyl groups is 1. The number of amides is 1. The number of carbonyl (C=O) groups excluding carboxylic acids is 1. The Labute approximate surface area is 144 Å². The third-order valence-corrected chi connectivity index (χ3v) is 5.00. The lowest BCUT2D eigenvalue weighted by Gasteiger charge is -2.38. The number of aliphatic hydroxyl groups excluding tert-OH is 1. The van der Waals surface area contributed by atoms with E-state index < -0.39 is 18.0 Å². The maximum Gasteiger partial charge on any atom is 0.414 e. The predicted molar refractivity (Wildman–Crippen MR) is 87.2 cm³/mol. The van der Waals surface area contributed by atoms with Crippen LogP contribution in [0.5, 0.6) is 0 Å². The molecule has 1 amide bonds. The third-order valence-electron chi connectivity index (χ3n) is 5.00. The Morgan fingerprint density at radius 2 is 1.96 bits per heavy atom. The minimum atomic E-state index is -0.570.